The molecule has 4 rings (SSSR count). The molecule has 0 saturated carbocycles. The second kappa shape index (κ2) is 14.0. The lowest BCUT2D eigenvalue weighted by molar-refractivity contribution is -0.137. The van der Waals surface area contributed by atoms with E-state index in [1.165, 1.54) is 42.1 Å². The van der Waals surface area contributed by atoms with Gasteiger partial charge >= 0.3 is 6.18 Å². The predicted octanol–water partition coefficient (Wildman–Crippen LogP) is 8.59. The second-order valence-electron chi connectivity index (χ2n) is 10.4. The van der Waals surface area contributed by atoms with Crippen LogP contribution in [0.3, 0.4) is 0 Å². The van der Waals surface area contributed by atoms with E-state index in [4.69, 9.17) is 11.6 Å². The molecule has 0 unspecified atom stereocenters. The monoisotopic (exact) mass is 651 g/mol. The minimum absolute atomic E-state index is 0.221. The van der Waals surface area contributed by atoms with Gasteiger partial charge in [0.25, 0.3) is 11.8 Å². The van der Waals surface area contributed by atoms with Crippen LogP contribution < -0.4 is 16.0 Å². The molecule has 0 aromatic heterocycles. The van der Waals surface area contributed by atoms with Crippen LogP contribution in [0.4, 0.5) is 24.5 Å². The first-order chi connectivity index (χ1) is 21.2. The number of hydrogen-bond acceptors (Lipinski definition) is 4. The molecule has 0 saturated heterocycles. The first-order valence-corrected chi connectivity index (χ1v) is 14.9. The average Bonchev–Trinajstić information content (AvgIpc) is 3.00. The molecule has 0 atom stereocenters. The lowest BCUT2D eigenvalue weighted by Crippen LogP contribution is -2.34. The van der Waals surface area contributed by atoms with Gasteiger partial charge in [-0.15, -0.1) is 11.8 Å². The van der Waals surface area contributed by atoms with Gasteiger partial charge in [0.15, 0.2) is 0 Å². The van der Waals surface area contributed by atoms with Gasteiger partial charge in [-0.2, -0.15) is 13.2 Å². The van der Waals surface area contributed by atoms with Gasteiger partial charge in [0.05, 0.1) is 10.3 Å². The largest absolute Gasteiger partial charge is 0.416 e. The van der Waals surface area contributed by atoms with E-state index < -0.39 is 28.3 Å². The number of anilines is 2. The highest BCUT2D eigenvalue weighted by molar-refractivity contribution is 8.01. The van der Waals surface area contributed by atoms with Crippen molar-refractivity contribution in [3.8, 4) is 0 Å². The molecule has 3 amide bonds. The van der Waals surface area contributed by atoms with Gasteiger partial charge in [0.2, 0.25) is 5.91 Å². The number of alkyl halides is 3. The van der Waals surface area contributed by atoms with Crippen LogP contribution in [0.2, 0.25) is 5.02 Å². The zero-order valence-corrected chi connectivity index (χ0v) is 26.0. The van der Waals surface area contributed by atoms with Gasteiger partial charge in [0.1, 0.15) is 5.70 Å². The number of hydrogen-bond donors (Lipinski definition) is 3. The number of rotatable bonds is 9. The van der Waals surface area contributed by atoms with Crippen LogP contribution >= 0.6 is 23.4 Å². The fourth-order valence-electron chi connectivity index (χ4n) is 4.14. The van der Waals surface area contributed by atoms with E-state index >= 15 is 0 Å². The molecule has 0 fully saturated rings. The van der Waals surface area contributed by atoms with Crippen molar-refractivity contribution in [2.75, 3.05) is 10.6 Å². The van der Waals surface area contributed by atoms with E-state index in [2.05, 4.69) is 16.0 Å². The van der Waals surface area contributed by atoms with Gasteiger partial charge in [-0.1, -0.05) is 54.1 Å². The first kappa shape index (κ1) is 33.4. The molecule has 0 aliphatic carbocycles. The predicted molar refractivity (Wildman–Crippen MR) is 173 cm³/mol. The Bertz CT molecular complexity index is 1740. The second-order valence-corrected chi connectivity index (χ2v) is 12.5. The first-order valence-electron chi connectivity index (χ1n) is 13.7. The third kappa shape index (κ3) is 8.77. The Morgan fingerprint density at radius 3 is 2.11 bits per heavy atom. The fraction of sp³-hybridized carbons (Fsp3) is 0.147. The minimum atomic E-state index is -4.68. The van der Waals surface area contributed by atoms with Gasteiger partial charge in [0, 0.05) is 26.9 Å². The maximum Gasteiger partial charge on any atom is 0.416 e. The normalized spacial score (nSPS) is 11.9. The highest BCUT2D eigenvalue weighted by atomic mass is 35.5. The molecule has 0 bridgehead atoms. The van der Waals surface area contributed by atoms with Crippen molar-refractivity contribution in [2.24, 2.45) is 0 Å². The SMILES string of the molecule is Cc1c(Cl)cccc1NC(=O)C(C)(C)Sc1ccc(NC(=O)/C(=C/c2ccccc2C(F)(F)F)NC(=O)c2ccccc2)cc1. The molecular formula is C34H29ClF3N3O3S. The number of amides is 3. The van der Waals surface area contributed by atoms with E-state index in [1.54, 1.807) is 74.5 Å². The molecule has 45 heavy (non-hydrogen) atoms. The molecule has 0 spiro atoms. The summed E-state index contributed by atoms with van der Waals surface area (Å²) < 4.78 is 40.1. The maximum absolute atomic E-state index is 13.7. The smallest absolute Gasteiger partial charge is 0.325 e. The van der Waals surface area contributed by atoms with Crippen LogP contribution in [0.1, 0.15) is 40.9 Å². The molecule has 6 nitrogen and oxygen atoms in total. The summed E-state index contributed by atoms with van der Waals surface area (Å²) in [4.78, 5) is 40.0. The molecule has 0 radical (unpaired) electrons. The van der Waals surface area contributed by atoms with Gasteiger partial charge in [-0.3, -0.25) is 14.4 Å². The minimum Gasteiger partial charge on any atom is -0.325 e. The Labute approximate surface area is 268 Å². The molecule has 0 heterocycles. The van der Waals surface area contributed by atoms with Crippen LogP contribution in [-0.4, -0.2) is 22.5 Å². The van der Waals surface area contributed by atoms with Crippen LogP contribution in [0.25, 0.3) is 6.08 Å². The zero-order chi connectivity index (χ0) is 32.8. The van der Waals surface area contributed by atoms with Crippen LogP contribution in [0, 0.1) is 6.92 Å². The van der Waals surface area contributed by atoms with Crippen LogP contribution in [-0.2, 0) is 15.8 Å². The molecular weight excluding hydrogens is 623 g/mol. The summed E-state index contributed by atoms with van der Waals surface area (Å²) in [6.45, 7) is 5.36. The van der Waals surface area contributed by atoms with Crippen molar-refractivity contribution in [1.29, 1.82) is 0 Å². The van der Waals surface area contributed by atoms with Crippen molar-refractivity contribution in [2.45, 2.75) is 36.6 Å². The van der Waals surface area contributed by atoms with Crippen molar-refractivity contribution in [1.82, 2.24) is 5.32 Å². The molecule has 4 aromatic carbocycles. The summed E-state index contributed by atoms with van der Waals surface area (Å²) in [6, 6.07) is 24.6. The number of carbonyl (C=O) groups excluding carboxylic acids is 3. The standard InChI is InChI=1S/C34H29ClF3N3O3S/c1-21-27(35)14-9-15-28(21)41-32(44)33(2,3)45-25-18-16-24(17-19-25)39-31(43)29(40-30(42)22-10-5-4-6-11-22)20-23-12-7-8-13-26(23)34(36,37)38/h4-20H,1-3H3,(H,39,43)(H,40,42)(H,41,44)/b29-20-. The van der Waals surface area contributed by atoms with Crippen molar-refractivity contribution in [3.05, 3.63) is 130 Å². The highest BCUT2D eigenvalue weighted by Gasteiger charge is 2.33. The number of benzene rings is 4. The molecule has 0 aliphatic rings. The number of thioether (sulfide) groups is 1. The molecule has 4 aromatic rings. The molecule has 3 N–H and O–H groups in total. The Morgan fingerprint density at radius 2 is 1.44 bits per heavy atom. The maximum atomic E-state index is 13.7. The van der Waals surface area contributed by atoms with E-state index in [-0.39, 0.29) is 22.7 Å². The lowest BCUT2D eigenvalue weighted by Gasteiger charge is -2.24. The molecule has 0 aliphatic heterocycles. The number of nitrogens with one attached hydrogen (secondary N) is 3. The summed E-state index contributed by atoms with van der Waals surface area (Å²) in [7, 11) is 0. The number of carbonyl (C=O) groups is 3. The van der Waals surface area contributed by atoms with E-state index in [0.717, 1.165) is 22.6 Å². The Kier molecular flexibility index (Phi) is 10.4. The third-order valence-electron chi connectivity index (χ3n) is 6.64. The van der Waals surface area contributed by atoms with E-state index in [0.29, 0.717) is 16.4 Å². The average molecular weight is 652 g/mol. The van der Waals surface area contributed by atoms with Gasteiger partial charge in [-0.05, 0) is 92.6 Å². The summed E-state index contributed by atoms with van der Waals surface area (Å²) in [6.07, 6.45) is -3.69. The quantitative estimate of drug-likeness (QED) is 0.125. The van der Waals surface area contributed by atoms with Crippen molar-refractivity contribution >= 4 is 58.5 Å². The van der Waals surface area contributed by atoms with Crippen LogP contribution in [0.5, 0.6) is 0 Å². The highest BCUT2D eigenvalue weighted by Crippen LogP contribution is 2.35. The summed E-state index contributed by atoms with van der Waals surface area (Å²) in [5.41, 5.74) is 0.285. The Hall–Kier alpha value is -4.54. The van der Waals surface area contributed by atoms with Crippen LogP contribution in [0.15, 0.2) is 108 Å². The van der Waals surface area contributed by atoms with E-state index in [1.807, 2.05) is 6.92 Å². The van der Waals surface area contributed by atoms with Gasteiger partial charge in [-0.25, -0.2) is 0 Å². The lowest BCUT2D eigenvalue weighted by atomic mass is 10.1. The Balaban J connectivity index is 1.52. The topological polar surface area (TPSA) is 87.3 Å². The summed E-state index contributed by atoms with van der Waals surface area (Å²) in [5.74, 6) is -1.73. The molecule has 232 valence electrons. The summed E-state index contributed by atoms with van der Waals surface area (Å²) >= 11 is 7.47. The summed E-state index contributed by atoms with van der Waals surface area (Å²) in [5, 5.41) is 8.53. The fourth-order valence-corrected chi connectivity index (χ4v) is 5.32. The van der Waals surface area contributed by atoms with E-state index in [9.17, 15) is 27.6 Å². The Morgan fingerprint density at radius 1 is 0.800 bits per heavy atom. The number of halogens is 4. The molecule has 11 heteroatoms. The third-order valence-corrected chi connectivity index (χ3v) is 8.26. The zero-order valence-electron chi connectivity index (χ0n) is 24.5. The van der Waals surface area contributed by atoms with Gasteiger partial charge < -0.3 is 16.0 Å². The van der Waals surface area contributed by atoms with Crippen molar-refractivity contribution in [3.63, 3.8) is 0 Å². The van der Waals surface area contributed by atoms with Crippen molar-refractivity contribution < 1.29 is 27.6 Å².